The van der Waals surface area contributed by atoms with Crippen LogP contribution in [0.1, 0.15) is 174 Å². The zero-order valence-corrected chi connectivity index (χ0v) is 34.2. The highest BCUT2D eigenvalue weighted by molar-refractivity contribution is 7.00. The fourth-order valence-electron chi connectivity index (χ4n) is 12.6. The quantitative estimate of drug-likeness (QED) is 0.156. The minimum absolute atomic E-state index is 0.195. The van der Waals surface area contributed by atoms with Gasteiger partial charge in [-0.1, -0.05) is 132 Å². The van der Waals surface area contributed by atoms with Crippen molar-refractivity contribution in [1.82, 2.24) is 0 Å². The third kappa shape index (κ3) is 6.56. The van der Waals surface area contributed by atoms with E-state index in [4.69, 9.17) is 0 Å². The number of benzene rings is 5. The van der Waals surface area contributed by atoms with Crippen LogP contribution in [0.15, 0.2) is 103 Å². The first-order valence-electron chi connectivity index (χ1n) is 23.5. The van der Waals surface area contributed by atoms with Gasteiger partial charge in [-0.25, -0.2) is 0 Å². The molecule has 4 aliphatic carbocycles. The lowest BCUT2D eigenvalue weighted by Crippen LogP contribution is -2.61. The van der Waals surface area contributed by atoms with E-state index in [1.165, 1.54) is 196 Å². The summed E-state index contributed by atoms with van der Waals surface area (Å²) >= 11 is 0. The van der Waals surface area contributed by atoms with Crippen molar-refractivity contribution in [3.05, 3.63) is 125 Å². The molecule has 0 atom stereocenters. The third-order valence-corrected chi connectivity index (χ3v) is 15.6. The number of para-hydroxylation sites is 1. The van der Waals surface area contributed by atoms with Crippen LogP contribution >= 0.6 is 0 Å². The van der Waals surface area contributed by atoms with Gasteiger partial charge in [0.15, 0.2) is 0 Å². The van der Waals surface area contributed by atoms with E-state index < -0.39 is 0 Å². The molecule has 0 bridgehead atoms. The van der Waals surface area contributed by atoms with E-state index in [1.54, 1.807) is 5.56 Å². The van der Waals surface area contributed by atoms with Gasteiger partial charge in [0.1, 0.15) is 0 Å². The van der Waals surface area contributed by atoms with Gasteiger partial charge in [0, 0.05) is 34.1 Å². The van der Waals surface area contributed by atoms with Crippen molar-refractivity contribution < 1.29 is 0 Å². The largest absolute Gasteiger partial charge is 0.311 e. The van der Waals surface area contributed by atoms with E-state index in [1.807, 2.05) is 0 Å². The molecular formula is C54H61BN2. The Bertz CT molecular complexity index is 2180. The minimum Gasteiger partial charge on any atom is -0.311 e. The molecule has 0 radical (unpaired) electrons. The summed E-state index contributed by atoms with van der Waals surface area (Å²) in [6.07, 6.45) is 27.0. The summed E-state index contributed by atoms with van der Waals surface area (Å²) in [5, 5.41) is 0. The molecule has 6 aliphatic rings. The molecule has 0 spiro atoms. The van der Waals surface area contributed by atoms with Crippen LogP contribution < -0.4 is 26.2 Å². The first kappa shape index (κ1) is 35.9. The standard InChI is InChI=1S/C54H61BN2/c1-5-15-38(16-6-1)42-25-30-46(31-26-42)56-50-24-14-13-23-48(50)55-49-35-44(40-19-9-3-10-20-40)29-34-51(49)57(47-32-27-43(28-33-47)39-17-7-2-8-18-39)53-37-45(36-52(56)54(53)55)41-21-11-4-12-22-41/h13-14,23-41H,1-12,15-22H2. The average Bonchev–Trinajstić information content (AvgIpc) is 3.30. The van der Waals surface area contributed by atoms with Gasteiger partial charge in [0.05, 0.1) is 0 Å². The Balaban J connectivity index is 1.12. The third-order valence-electron chi connectivity index (χ3n) is 15.6. The van der Waals surface area contributed by atoms with E-state index in [9.17, 15) is 0 Å². The highest BCUT2D eigenvalue weighted by atomic mass is 15.2. The first-order chi connectivity index (χ1) is 28.3. The summed E-state index contributed by atoms with van der Waals surface area (Å²) < 4.78 is 0. The number of anilines is 6. The van der Waals surface area contributed by atoms with Crippen LogP contribution in [-0.2, 0) is 0 Å². The van der Waals surface area contributed by atoms with Crippen LogP contribution in [0.4, 0.5) is 34.1 Å². The molecule has 0 aromatic heterocycles. The summed E-state index contributed by atoms with van der Waals surface area (Å²) in [7, 11) is 0. The Morgan fingerprint density at radius 2 is 0.737 bits per heavy atom. The molecule has 11 rings (SSSR count). The monoisotopic (exact) mass is 748 g/mol. The van der Waals surface area contributed by atoms with Gasteiger partial charge in [-0.3, -0.25) is 0 Å². The molecule has 5 aromatic carbocycles. The van der Waals surface area contributed by atoms with E-state index in [-0.39, 0.29) is 6.71 Å². The number of fused-ring (bicyclic) bond motifs is 4. The van der Waals surface area contributed by atoms with E-state index in [2.05, 4.69) is 113 Å². The second-order valence-corrected chi connectivity index (χ2v) is 19.0. The predicted molar refractivity (Wildman–Crippen MR) is 244 cm³/mol. The summed E-state index contributed by atoms with van der Waals surface area (Å²) in [4.78, 5) is 5.37. The van der Waals surface area contributed by atoms with Crippen molar-refractivity contribution in [2.45, 2.75) is 152 Å². The summed E-state index contributed by atoms with van der Waals surface area (Å²) in [6.45, 7) is 0.195. The molecule has 2 nitrogen and oxygen atoms in total. The molecule has 3 heteroatoms. The lowest BCUT2D eigenvalue weighted by Gasteiger charge is -2.45. The normalized spacial score (nSPS) is 20.6. The van der Waals surface area contributed by atoms with Crippen LogP contribution in [0.25, 0.3) is 0 Å². The van der Waals surface area contributed by atoms with E-state index in [0.29, 0.717) is 23.7 Å². The van der Waals surface area contributed by atoms with E-state index >= 15 is 0 Å². The smallest absolute Gasteiger partial charge is 0.252 e. The van der Waals surface area contributed by atoms with E-state index in [0.717, 1.165) is 0 Å². The molecule has 57 heavy (non-hydrogen) atoms. The minimum atomic E-state index is 0.195. The lowest BCUT2D eigenvalue weighted by molar-refractivity contribution is 0.443. The topological polar surface area (TPSA) is 6.48 Å². The molecule has 0 saturated heterocycles. The maximum Gasteiger partial charge on any atom is 0.252 e. The summed E-state index contributed by atoms with van der Waals surface area (Å²) in [5.41, 5.74) is 18.8. The van der Waals surface area contributed by atoms with Gasteiger partial charge in [-0.2, -0.15) is 0 Å². The first-order valence-corrected chi connectivity index (χ1v) is 23.5. The van der Waals surface area contributed by atoms with Gasteiger partial charge in [0.2, 0.25) is 0 Å². The molecule has 2 heterocycles. The molecule has 4 fully saturated rings. The SMILES string of the molecule is c1ccc2c(c1)B1c3cc(C4CCCCC4)ccc3N(c3ccc(C4CCCCC4)cc3)c3cc(C4CCCCC4)cc(c31)N2c1ccc(C2CCCCC2)cc1. The molecule has 0 unspecified atom stereocenters. The Labute approximate surface area is 343 Å². The fraction of sp³-hybridized carbons (Fsp3) is 0.444. The van der Waals surface area contributed by atoms with Crippen LogP contribution in [0.3, 0.4) is 0 Å². The molecule has 5 aromatic rings. The van der Waals surface area contributed by atoms with Crippen molar-refractivity contribution >= 4 is 57.2 Å². The molecule has 2 aliphatic heterocycles. The zero-order chi connectivity index (χ0) is 37.7. The number of nitrogens with zero attached hydrogens (tertiary/aromatic N) is 2. The van der Waals surface area contributed by atoms with Gasteiger partial charge < -0.3 is 9.80 Å². The van der Waals surface area contributed by atoms with Crippen LogP contribution in [-0.4, -0.2) is 6.71 Å². The van der Waals surface area contributed by atoms with Crippen molar-refractivity contribution in [3.63, 3.8) is 0 Å². The highest BCUT2D eigenvalue weighted by Crippen LogP contribution is 2.48. The Morgan fingerprint density at radius 1 is 0.333 bits per heavy atom. The number of rotatable bonds is 6. The Hall–Kier alpha value is -4.24. The number of hydrogen-bond acceptors (Lipinski definition) is 2. The molecule has 0 N–H and O–H groups in total. The highest BCUT2D eigenvalue weighted by Gasteiger charge is 2.44. The molecule has 290 valence electrons. The second kappa shape index (κ2) is 15.5. The number of hydrogen-bond donors (Lipinski definition) is 0. The van der Waals surface area contributed by atoms with Gasteiger partial charge in [-0.05, 0) is 162 Å². The van der Waals surface area contributed by atoms with Gasteiger partial charge in [0.25, 0.3) is 6.71 Å². The predicted octanol–water partition coefficient (Wildman–Crippen LogP) is 14.0. The van der Waals surface area contributed by atoms with Crippen molar-refractivity contribution in [1.29, 1.82) is 0 Å². The zero-order valence-electron chi connectivity index (χ0n) is 34.2. The second-order valence-electron chi connectivity index (χ2n) is 19.0. The Morgan fingerprint density at radius 3 is 1.23 bits per heavy atom. The lowest BCUT2D eigenvalue weighted by atomic mass is 9.33. The maximum atomic E-state index is 2.70. The Kier molecular flexibility index (Phi) is 9.76. The van der Waals surface area contributed by atoms with Crippen molar-refractivity contribution in [2.24, 2.45) is 0 Å². The fourth-order valence-corrected chi connectivity index (χ4v) is 12.6. The van der Waals surface area contributed by atoms with Crippen LogP contribution in [0, 0.1) is 0 Å². The average molecular weight is 749 g/mol. The molecule has 0 amide bonds. The van der Waals surface area contributed by atoms with Crippen molar-refractivity contribution in [2.75, 3.05) is 9.80 Å². The maximum absolute atomic E-state index is 2.70. The van der Waals surface area contributed by atoms with Crippen LogP contribution in [0.5, 0.6) is 0 Å². The molecular weight excluding hydrogens is 687 g/mol. The van der Waals surface area contributed by atoms with Crippen LogP contribution in [0.2, 0.25) is 0 Å². The van der Waals surface area contributed by atoms with Crippen molar-refractivity contribution in [3.8, 4) is 0 Å². The van der Waals surface area contributed by atoms with Gasteiger partial charge in [-0.15, -0.1) is 0 Å². The van der Waals surface area contributed by atoms with Gasteiger partial charge >= 0.3 is 0 Å². The summed E-state index contributed by atoms with van der Waals surface area (Å²) in [5.74, 6) is 2.69. The molecule has 4 saturated carbocycles. The summed E-state index contributed by atoms with van der Waals surface area (Å²) in [6, 6.07) is 42.3.